The zero-order valence-corrected chi connectivity index (χ0v) is 11.6. The van der Waals surface area contributed by atoms with E-state index in [4.69, 9.17) is 5.73 Å². The molecule has 0 aromatic heterocycles. The number of nitrogens with two attached hydrogens (primary N) is 1. The molecule has 2 aliphatic heterocycles. The van der Waals surface area contributed by atoms with Crippen molar-refractivity contribution in [1.82, 2.24) is 9.80 Å². The number of nitrogens with zero attached hydrogens (tertiary/aromatic N) is 2. The molecule has 0 aromatic rings. The fraction of sp³-hybridized carbons (Fsp3) is 1.00. The van der Waals surface area contributed by atoms with E-state index in [0.717, 1.165) is 18.6 Å². The van der Waals surface area contributed by atoms with Crippen LogP contribution in [0, 0.1) is 0 Å². The van der Waals surface area contributed by atoms with Crippen molar-refractivity contribution in [1.29, 1.82) is 0 Å². The first kappa shape index (κ1) is 13.3. The number of piperidine rings is 1. The van der Waals surface area contributed by atoms with E-state index >= 15 is 0 Å². The summed E-state index contributed by atoms with van der Waals surface area (Å²) in [7, 11) is 0. The van der Waals surface area contributed by atoms with Crippen LogP contribution < -0.4 is 5.73 Å². The predicted molar refractivity (Wildman–Crippen MR) is 73.1 cm³/mol. The molecule has 0 saturated carbocycles. The van der Waals surface area contributed by atoms with Crippen molar-refractivity contribution in [2.24, 2.45) is 5.73 Å². The van der Waals surface area contributed by atoms with E-state index in [9.17, 15) is 0 Å². The first-order chi connectivity index (χ1) is 8.22. The zero-order chi connectivity index (χ0) is 12.3. The molecule has 0 bridgehead atoms. The van der Waals surface area contributed by atoms with Gasteiger partial charge in [-0.05, 0) is 52.6 Å². The minimum atomic E-state index is 0.706. The van der Waals surface area contributed by atoms with Gasteiger partial charge in [-0.1, -0.05) is 6.42 Å². The molecule has 2 rings (SSSR count). The molecule has 2 fully saturated rings. The fourth-order valence-corrected chi connectivity index (χ4v) is 3.57. The molecule has 100 valence electrons. The Morgan fingerprint density at radius 3 is 2.88 bits per heavy atom. The van der Waals surface area contributed by atoms with Crippen LogP contribution in [0.2, 0.25) is 0 Å². The molecule has 0 radical (unpaired) electrons. The van der Waals surface area contributed by atoms with Crippen LogP contribution in [0.15, 0.2) is 0 Å². The highest BCUT2D eigenvalue weighted by atomic mass is 15.3. The molecule has 2 heterocycles. The van der Waals surface area contributed by atoms with Gasteiger partial charge in [0.1, 0.15) is 0 Å². The largest absolute Gasteiger partial charge is 0.330 e. The Bertz CT molecular complexity index is 228. The van der Waals surface area contributed by atoms with Gasteiger partial charge in [-0.25, -0.2) is 0 Å². The summed E-state index contributed by atoms with van der Waals surface area (Å²) in [4.78, 5) is 5.45. The van der Waals surface area contributed by atoms with Crippen LogP contribution in [0.3, 0.4) is 0 Å². The first-order valence-corrected chi connectivity index (χ1v) is 7.42. The van der Waals surface area contributed by atoms with Crippen LogP contribution in [0.25, 0.3) is 0 Å². The monoisotopic (exact) mass is 239 g/mol. The Morgan fingerprint density at radius 1 is 1.29 bits per heavy atom. The van der Waals surface area contributed by atoms with Gasteiger partial charge in [0, 0.05) is 31.2 Å². The van der Waals surface area contributed by atoms with E-state index in [1.807, 2.05) is 0 Å². The summed E-state index contributed by atoms with van der Waals surface area (Å²) in [5.74, 6) is 0. The van der Waals surface area contributed by atoms with E-state index in [2.05, 4.69) is 23.6 Å². The lowest BCUT2D eigenvalue weighted by Gasteiger charge is -2.49. The van der Waals surface area contributed by atoms with Crippen LogP contribution in [0.1, 0.15) is 46.0 Å². The zero-order valence-electron chi connectivity index (χ0n) is 11.6. The SMILES string of the molecule is CC(CCCN)N1CC2CCCCN2CC1C. The van der Waals surface area contributed by atoms with E-state index in [1.54, 1.807) is 0 Å². The highest BCUT2D eigenvalue weighted by Crippen LogP contribution is 2.26. The van der Waals surface area contributed by atoms with Crippen molar-refractivity contribution in [2.45, 2.75) is 64.1 Å². The van der Waals surface area contributed by atoms with Crippen LogP contribution in [-0.2, 0) is 0 Å². The standard InChI is InChI=1S/C14H29N3/c1-12(6-5-8-15)17-11-14-7-3-4-9-16(14)10-13(17)2/h12-14H,3-11,15H2,1-2H3. The van der Waals surface area contributed by atoms with Crippen LogP contribution in [0.4, 0.5) is 0 Å². The molecule has 2 saturated heterocycles. The van der Waals surface area contributed by atoms with Gasteiger partial charge in [0.2, 0.25) is 0 Å². The molecule has 2 N–H and O–H groups in total. The molecular weight excluding hydrogens is 210 g/mol. The van der Waals surface area contributed by atoms with E-state index in [-0.39, 0.29) is 0 Å². The second-order valence-corrected chi connectivity index (χ2v) is 5.97. The van der Waals surface area contributed by atoms with Gasteiger partial charge in [0.25, 0.3) is 0 Å². The van der Waals surface area contributed by atoms with Crippen LogP contribution in [-0.4, -0.2) is 54.1 Å². The Labute approximate surface area is 106 Å². The maximum atomic E-state index is 5.62. The molecular formula is C14H29N3. The Hall–Kier alpha value is -0.120. The minimum absolute atomic E-state index is 0.706. The van der Waals surface area contributed by atoms with Gasteiger partial charge in [0.05, 0.1) is 0 Å². The van der Waals surface area contributed by atoms with E-state index in [1.165, 1.54) is 51.7 Å². The summed E-state index contributed by atoms with van der Waals surface area (Å²) >= 11 is 0. The number of hydrogen-bond acceptors (Lipinski definition) is 3. The summed E-state index contributed by atoms with van der Waals surface area (Å²) in [6.07, 6.45) is 6.67. The molecule has 3 nitrogen and oxygen atoms in total. The third kappa shape index (κ3) is 3.21. The smallest absolute Gasteiger partial charge is 0.0224 e. The average Bonchev–Trinajstić information content (AvgIpc) is 2.35. The molecule has 0 aliphatic carbocycles. The van der Waals surface area contributed by atoms with Gasteiger partial charge in [-0.2, -0.15) is 0 Å². The van der Waals surface area contributed by atoms with Gasteiger partial charge < -0.3 is 5.73 Å². The highest BCUT2D eigenvalue weighted by molar-refractivity contribution is 4.90. The molecule has 0 aromatic carbocycles. The Morgan fingerprint density at radius 2 is 2.12 bits per heavy atom. The third-order valence-corrected chi connectivity index (χ3v) is 4.63. The summed E-state index contributed by atoms with van der Waals surface area (Å²) in [5.41, 5.74) is 5.62. The average molecular weight is 239 g/mol. The fourth-order valence-electron chi connectivity index (χ4n) is 3.57. The van der Waals surface area contributed by atoms with Crippen molar-refractivity contribution >= 4 is 0 Å². The highest BCUT2D eigenvalue weighted by Gasteiger charge is 2.34. The molecule has 3 unspecified atom stereocenters. The Balaban J connectivity index is 1.89. The summed E-state index contributed by atoms with van der Waals surface area (Å²) in [5, 5.41) is 0. The maximum absolute atomic E-state index is 5.62. The lowest BCUT2D eigenvalue weighted by molar-refractivity contribution is -0.00585. The lowest BCUT2D eigenvalue weighted by Crippen LogP contribution is -2.60. The number of fused-ring (bicyclic) bond motifs is 1. The maximum Gasteiger partial charge on any atom is 0.0224 e. The van der Waals surface area contributed by atoms with Crippen LogP contribution in [0.5, 0.6) is 0 Å². The summed E-state index contributed by atoms with van der Waals surface area (Å²) in [6, 6.07) is 2.26. The third-order valence-electron chi connectivity index (χ3n) is 4.63. The predicted octanol–water partition coefficient (Wildman–Crippen LogP) is 1.67. The molecule has 3 atom stereocenters. The normalized spacial score (nSPS) is 33.4. The Kier molecular flexibility index (Phi) is 4.83. The molecule has 2 aliphatic rings. The molecule has 3 heteroatoms. The summed E-state index contributed by atoms with van der Waals surface area (Å²) in [6.45, 7) is 9.50. The summed E-state index contributed by atoms with van der Waals surface area (Å²) < 4.78 is 0. The van der Waals surface area contributed by atoms with Crippen molar-refractivity contribution in [3.63, 3.8) is 0 Å². The number of hydrogen-bond donors (Lipinski definition) is 1. The van der Waals surface area contributed by atoms with Crippen LogP contribution >= 0.6 is 0 Å². The van der Waals surface area contributed by atoms with Crippen molar-refractivity contribution in [2.75, 3.05) is 26.2 Å². The quantitative estimate of drug-likeness (QED) is 0.810. The van der Waals surface area contributed by atoms with Gasteiger partial charge >= 0.3 is 0 Å². The second-order valence-electron chi connectivity index (χ2n) is 5.97. The van der Waals surface area contributed by atoms with Crippen molar-refractivity contribution in [3.05, 3.63) is 0 Å². The van der Waals surface area contributed by atoms with Crippen molar-refractivity contribution < 1.29 is 0 Å². The minimum Gasteiger partial charge on any atom is -0.330 e. The molecule has 0 spiro atoms. The molecule has 0 amide bonds. The number of rotatable bonds is 4. The topological polar surface area (TPSA) is 32.5 Å². The first-order valence-electron chi connectivity index (χ1n) is 7.42. The van der Waals surface area contributed by atoms with Gasteiger partial charge in [-0.3, -0.25) is 9.80 Å². The lowest BCUT2D eigenvalue weighted by atomic mass is 9.95. The number of piperazine rings is 1. The van der Waals surface area contributed by atoms with Crippen molar-refractivity contribution in [3.8, 4) is 0 Å². The second kappa shape index (κ2) is 6.17. The van der Waals surface area contributed by atoms with E-state index < -0.39 is 0 Å². The van der Waals surface area contributed by atoms with Gasteiger partial charge in [0.15, 0.2) is 0 Å². The molecule has 17 heavy (non-hydrogen) atoms. The van der Waals surface area contributed by atoms with Gasteiger partial charge in [-0.15, -0.1) is 0 Å². The van der Waals surface area contributed by atoms with E-state index in [0.29, 0.717) is 6.04 Å².